The lowest BCUT2D eigenvalue weighted by atomic mass is 10.0. The number of fused-ring (bicyclic) bond motifs is 1. The van der Waals surface area contributed by atoms with Crippen LogP contribution in [0.3, 0.4) is 0 Å². The number of nitrogens with one attached hydrogen (secondary N) is 2. The van der Waals surface area contributed by atoms with Gasteiger partial charge in [-0.15, -0.1) is 0 Å². The molecule has 1 aliphatic rings. The monoisotopic (exact) mass is 640 g/mol. The largest absolute Gasteiger partial charge is 0.451 e. The number of hydrogen-bond acceptors (Lipinski definition) is 8. The van der Waals surface area contributed by atoms with Crippen molar-refractivity contribution in [3.05, 3.63) is 58.7 Å². The fourth-order valence-corrected chi connectivity index (χ4v) is 5.38. The van der Waals surface area contributed by atoms with Crippen molar-refractivity contribution >= 4 is 44.4 Å². The Morgan fingerprint density at radius 2 is 1.75 bits per heavy atom. The minimum absolute atomic E-state index is 0.0356. The van der Waals surface area contributed by atoms with E-state index in [1.807, 2.05) is 0 Å². The average molecular weight is 641 g/mol. The topological polar surface area (TPSA) is 134 Å². The molecular weight excluding hydrogens is 608 g/mol. The van der Waals surface area contributed by atoms with E-state index >= 15 is 4.39 Å². The van der Waals surface area contributed by atoms with Crippen LogP contribution in [0, 0.1) is 12.7 Å². The Hall–Kier alpha value is -4.21. The highest BCUT2D eigenvalue weighted by atomic mass is 32.2. The number of benzene rings is 2. The van der Waals surface area contributed by atoms with Crippen molar-refractivity contribution in [1.82, 2.24) is 20.2 Å². The van der Waals surface area contributed by atoms with Crippen molar-refractivity contribution in [3.63, 3.8) is 0 Å². The van der Waals surface area contributed by atoms with E-state index in [4.69, 9.17) is 4.74 Å². The number of sulfonamides is 1. The van der Waals surface area contributed by atoms with Gasteiger partial charge in [-0.3, -0.25) is 9.52 Å². The van der Waals surface area contributed by atoms with Crippen molar-refractivity contribution in [2.75, 3.05) is 48.2 Å². The van der Waals surface area contributed by atoms with Crippen molar-refractivity contribution in [2.45, 2.75) is 39.9 Å². The molecule has 2 N–H and O–H groups in total. The highest BCUT2D eigenvalue weighted by Crippen LogP contribution is 2.33. The zero-order valence-electron chi connectivity index (χ0n) is 24.5. The lowest BCUT2D eigenvalue weighted by molar-refractivity contribution is -0.144. The van der Waals surface area contributed by atoms with E-state index in [2.05, 4.69) is 20.0 Å². The zero-order valence-corrected chi connectivity index (χ0v) is 25.3. The first-order chi connectivity index (χ1) is 20.6. The molecule has 11 nitrogen and oxygen atoms in total. The Balaban J connectivity index is 1.62. The van der Waals surface area contributed by atoms with Gasteiger partial charge in [-0.05, 0) is 63.6 Å². The summed E-state index contributed by atoms with van der Waals surface area (Å²) >= 11 is 0. The number of amides is 2. The highest BCUT2D eigenvalue weighted by molar-refractivity contribution is 7.92. The van der Waals surface area contributed by atoms with E-state index in [1.54, 1.807) is 25.7 Å². The molecule has 44 heavy (non-hydrogen) atoms. The molecule has 4 rings (SSSR count). The van der Waals surface area contributed by atoms with E-state index < -0.39 is 45.9 Å². The van der Waals surface area contributed by atoms with Crippen LogP contribution in [0.25, 0.3) is 10.9 Å². The summed E-state index contributed by atoms with van der Waals surface area (Å²) in [6, 6.07) is 5.57. The highest BCUT2D eigenvalue weighted by Gasteiger charge is 2.37. The maximum absolute atomic E-state index is 15.0. The Bertz CT molecular complexity index is 1680. The molecule has 1 aromatic heterocycles. The summed E-state index contributed by atoms with van der Waals surface area (Å²) in [6.07, 6.45) is -5.35. The van der Waals surface area contributed by atoms with Crippen LogP contribution in [0.1, 0.15) is 54.1 Å². The van der Waals surface area contributed by atoms with Crippen molar-refractivity contribution in [1.29, 1.82) is 0 Å². The number of aromatic nitrogens is 2. The first-order valence-electron chi connectivity index (χ1n) is 13.8. The maximum atomic E-state index is 15.0. The van der Waals surface area contributed by atoms with Crippen LogP contribution >= 0.6 is 0 Å². The van der Waals surface area contributed by atoms with Crippen LogP contribution in [0.5, 0.6) is 0 Å². The minimum atomic E-state index is -4.82. The van der Waals surface area contributed by atoms with Gasteiger partial charge in [0.15, 0.2) is 0 Å². The summed E-state index contributed by atoms with van der Waals surface area (Å²) in [6.45, 7) is 7.15. The van der Waals surface area contributed by atoms with Gasteiger partial charge in [0.2, 0.25) is 15.8 Å². The number of piperazine rings is 1. The Kier molecular flexibility index (Phi) is 9.51. The number of carbonyl (C=O) groups is 2. The fraction of sp³-hybridized carbons (Fsp3) is 0.429. The quantitative estimate of drug-likeness (QED) is 0.341. The normalized spacial score (nSPS) is 14.8. The molecule has 1 unspecified atom stereocenters. The third-order valence-corrected chi connectivity index (χ3v) is 8.39. The van der Waals surface area contributed by atoms with Crippen molar-refractivity contribution in [3.8, 4) is 0 Å². The molecule has 0 spiro atoms. The second-order valence-electron chi connectivity index (χ2n) is 10.2. The number of anilines is 2. The Labute approximate surface area is 251 Å². The SMILES string of the molecule is CCOC(=O)N1CCN(c2nc(C(F)(F)F)nc3ccc(C(=O)NC(C)c4cc(C)c(NS(=O)(=O)CC)cc4F)cc23)CC1. The summed E-state index contributed by atoms with van der Waals surface area (Å²) in [5.41, 5.74) is 0.662. The second-order valence-corrected chi connectivity index (χ2v) is 12.2. The van der Waals surface area contributed by atoms with Gasteiger partial charge in [-0.2, -0.15) is 13.2 Å². The molecule has 1 aliphatic heterocycles. The summed E-state index contributed by atoms with van der Waals surface area (Å²) < 4.78 is 87.2. The van der Waals surface area contributed by atoms with Gasteiger partial charge in [0.05, 0.1) is 29.6 Å². The van der Waals surface area contributed by atoms with E-state index in [0.717, 1.165) is 6.07 Å². The molecule has 0 saturated carbocycles. The first kappa shape index (κ1) is 32.7. The maximum Gasteiger partial charge on any atom is 0.451 e. The van der Waals surface area contributed by atoms with Crippen LogP contribution < -0.4 is 14.9 Å². The second kappa shape index (κ2) is 12.8. The van der Waals surface area contributed by atoms with Gasteiger partial charge in [0, 0.05) is 42.7 Å². The summed E-state index contributed by atoms with van der Waals surface area (Å²) in [7, 11) is -3.64. The van der Waals surface area contributed by atoms with E-state index in [0.29, 0.717) is 5.56 Å². The van der Waals surface area contributed by atoms with Crippen LogP contribution in [-0.2, 0) is 20.9 Å². The molecule has 2 aromatic carbocycles. The number of nitrogens with zero attached hydrogens (tertiary/aromatic N) is 4. The number of aryl methyl sites for hydroxylation is 1. The number of ether oxygens (including phenoxy) is 1. The number of alkyl halides is 3. The zero-order chi connectivity index (χ0) is 32.4. The van der Waals surface area contributed by atoms with Crippen molar-refractivity contribution < 1.29 is 40.3 Å². The van der Waals surface area contributed by atoms with E-state index in [-0.39, 0.29) is 72.1 Å². The molecular formula is C28H32F4N6O5S. The predicted octanol–water partition coefficient (Wildman–Crippen LogP) is 4.63. The summed E-state index contributed by atoms with van der Waals surface area (Å²) in [5, 5.41) is 2.87. The molecule has 1 atom stereocenters. The molecule has 2 heterocycles. The minimum Gasteiger partial charge on any atom is -0.450 e. The van der Waals surface area contributed by atoms with Crippen LogP contribution in [0.2, 0.25) is 0 Å². The molecule has 1 fully saturated rings. The third-order valence-electron chi connectivity index (χ3n) is 7.10. The molecule has 0 aliphatic carbocycles. The lowest BCUT2D eigenvalue weighted by Gasteiger charge is -2.35. The van der Waals surface area contributed by atoms with E-state index in [1.165, 1.54) is 36.1 Å². The Morgan fingerprint density at radius 1 is 1.07 bits per heavy atom. The molecule has 16 heteroatoms. The van der Waals surface area contributed by atoms with E-state index in [9.17, 15) is 31.2 Å². The Morgan fingerprint density at radius 3 is 2.36 bits per heavy atom. The summed E-state index contributed by atoms with van der Waals surface area (Å²) in [5.74, 6) is -2.95. The van der Waals surface area contributed by atoms with Gasteiger partial charge >= 0.3 is 12.3 Å². The molecule has 1 saturated heterocycles. The third kappa shape index (κ3) is 7.29. The first-order valence-corrected chi connectivity index (χ1v) is 15.5. The van der Waals surface area contributed by atoms with Gasteiger partial charge < -0.3 is 19.9 Å². The molecule has 2 amide bonds. The number of hydrogen-bond donors (Lipinski definition) is 2. The van der Waals surface area contributed by atoms with Crippen LogP contribution in [0.4, 0.5) is 33.9 Å². The average Bonchev–Trinajstić information content (AvgIpc) is 2.97. The smallest absolute Gasteiger partial charge is 0.450 e. The van der Waals surface area contributed by atoms with Gasteiger partial charge in [0.25, 0.3) is 5.91 Å². The van der Waals surface area contributed by atoms with Crippen molar-refractivity contribution in [2.24, 2.45) is 0 Å². The number of halogens is 4. The number of carbonyl (C=O) groups excluding carboxylic acids is 2. The molecule has 0 radical (unpaired) electrons. The molecule has 3 aromatic rings. The molecule has 238 valence electrons. The number of rotatable bonds is 8. The molecule has 0 bridgehead atoms. The lowest BCUT2D eigenvalue weighted by Crippen LogP contribution is -2.49. The standard InChI is InChI=1S/C28H32F4N6O5S/c1-5-43-27(40)38-11-9-37(10-12-38)24-20-14-18(7-8-22(20)34-26(35-24)28(30,31)32)25(39)33-17(4)19-13-16(3)23(15-21(19)29)36-44(41,42)6-2/h7-8,13-15,17,36H,5-6,9-12H2,1-4H3,(H,33,39). The van der Waals surface area contributed by atoms with Crippen LogP contribution in [-0.4, -0.2) is 73.8 Å². The fourth-order valence-electron chi connectivity index (χ4n) is 4.68. The van der Waals surface area contributed by atoms with Crippen LogP contribution in [0.15, 0.2) is 30.3 Å². The van der Waals surface area contributed by atoms with Gasteiger partial charge in [-0.25, -0.2) is 27.6 Å². The van der Waals surface area contributed by atoms with Gasteiger partial charge in [0.1, 0.15) is 11.6 Å². The predicted molar refractivity (Wildman–Crippen MR) is 155 cm³/mol. The van der Waals surface area contributed by atoms with Gasteiger partial charge in [-0.1, -0.05) is 0 Å². The summed E-state index contributed by atoms with van der Waals surface area (Å²) in [4.78, 5) is 35.8.